The van der Waals surface area contributed by atoms with Crippen LogP contribution in [0.15, 0.2) is 67.0 Å². The summed E-state index contributed by atoms with van der Waals surface area (Å²) in [6, 6.07) is 15.7. The summed E-state index contributed by atoms with van der Waals surface area (Å²) in [5.74, 6) is -0.529. The lowest BCUT2D eigenvalue weighted by Crippen LogP contribution is -2.29. The molecule has 2 heterocycles. The molecule has 0 saturated carbocycles. The Morgan fingerprint density at radius 3 is 2.28 bits per heavy atom. The average molecular weight is 390 g/mol. The number of nitrogens with zero attached hydrogens (tertiary/aromatic N) is 2. The van der Waals surface area contributed by atoms with E-state index in [-0.39, 0.29) is 11.7 Å². The molecule has 4 rings (SSSR count). The van der Waals surface area contributed by atoms with Gasteiger partial charge in [0.2, 0.25) is 0 Å². The number of aromatic nitrogens is 1. The highest BCUT2D eigenvalue weighted by Gasteiger charge is 2.12. The van der Waals surface area contributed by atoms with Crippen molar-refractivity contribution in [1.29, 1.82) is 0 Å². The van der Waals surface area contributed by atoms with E-state index >= 15 is 0 Å². The van der Waals surface area contributed by atoms with Gasteiger partial charge in [-0.2, -0.15) is 0 Å². The van der Waals surface area contributed by atoms with Gasteiger partial charge in [0.1, 0.15) is 5.82 Å². The van der Waals surface area contributed by atoms with Gasteiger partial charge in [-0.1, -0.05) is 0 Å². The Kier molecular flexibility index (Phi) is 5.70. The van der Waals surface area contributed by atoms with Crippen molar-refractivity contribution >= 4 is 28.7 Å². The van der Waals surface area contributed by atoms with Crippen molar-refractivity contribution in [2.75, 3.05) is 28.6 Å². The first-order valence-corrected chi connectivity index (χ1v) is 9.81. The fraction of sp³-hybridized carbons (Fsp3) is 0.217. The molecule has 6 heteroatoms. The maximum Gasteiger partial charge on any atom is 0.257 e. The zero-order valence-corrected chi connectivity index (χ0v) is 16.1. The number of benzene rings is 2. The molecule has 2 N–H and O–H groups in total. The third-order valence-electron chi connectivity index (χ3n) is 4.98. The van der Waals surface area contributed by atoms with Crippen LogP contribution in [0.4, 0.5) is 27.1 Å². The lowest BCUT2D eigenvalue weighted by Gasteiger charge is -2.28. The van der Waals surface area contributed by atoms with E-state index in [0.29, 0.717) is 11.3 Å². The standard InChI is InChI=1S/C23H23FN4O/c24-18-4-6-19(7-5-18)26-21-14-17(15-25-16-21)23(29)27-20-8-10-22(11-9-20)28-12-2-1-3-13-28/h4-11,14-16,26H,1-3,12-13H2,(H,27,29). The number of carbonyl (C=O) groups excluding carboxylic acids is 1. The van der Waals surface area contributed by atoms with Gasteiger partial charge in [-0.15, -0.1) is 0 Å². The lowest BCUT2D eigenvalue weighted by molar-refractivity contribution is 0.102. The van der Waals surface area contributed by atoms with E-state index in [1.807, 2.05) is 24.3 Å². The number of nitrogens with one attached hydrogen (secondary N) is 2. The van der Waals surface area contributed by atoms with Crippen molar-refractivity contribution in [3.8, 4) is 0 Å². The monoisotopic (exact) mass is 390 g/mol. The Morgan fingerprint density at radius 2 is 1.55 bits per heavy atom. The van der Waals surface area contributed by atoms with Crippen LogP contribution in [0.2, 0.25) is 0 Å². The van der Waals surface area contributed by atoms with Crippen molar-refractivity contribution in [3.63, 3.8) is 0 Å². The van der Waals surface area contributed by atoms with Gasteiger partial charge in [0.15, 0.2) is 0 Å². The molecule has 0 radical (unpaired) electrons. The highest BCUT2D eigenvalue weighted by atomic mass is 19.1. The molecule has 1 amide bonds. The van der Waals surface area contributed by atoms with E-state index in [9.17, 15) is 9.18 Å². The van der Waals surface area contributed by atoms with E-state index in [0.717, 1.165) is 24.5 Å². The molecule has 1 aliphatic heterocycles. The van der Waals surface area contributed by atoms with Gasteiger partial charge in [-0.25, -0.2) is 4.39 Å². The fourth-order valence-corrected chi connectivity index (χ4v) is 3.44. The van der Waals surface area contributed by atoms with Crippen molar-refractivity contribution in [3.05, 3.63) is 78.4 Å². The molecule has 0 bridgehead atoms. The quantitative estimate of drug-likeness (QED) is 0.628. The molecule has 0 spiro atoms. The zero-order valence-electron chi connectivity index (χ0n) is 16.1. The van der Waals surface area contributed by atoms with E-state index in [1.165, 1.54) is 43.3 Å². The summed E-state index contributed by atoms with van der Waals surface area (Å²) in [7, 11) is 0. The van der Waals surface area contributed by atoms with E-state index in [1.54, 1.807) is 24.4 Å². The van der Waals surface area contributed by atoms with Crippen LogP contribution >= 0.6 is 0 Å². The van der Waals surface area contributed by atoms with Crippen LogP contribution in [0.25, 0.3) is 0 Å². The number of pyridine rings is 1. The maximum atomic E-state index is 13.0. The highest BCUT2D eigenvalue weighted by molar-refractivity contribution is 6.04. The average Bonchev–Trinajstić information content (AvgIpc) is 2.77. The molecule has 0 aliphatic carbocycles. The molecule has 1 fully saturated rings. The van der Waals surface area contributed by atoms with Gasteiger partial charge in [0.25, 0.3) is 5.91 Å². The Balaban J connectivity index is 1.41. The van der Waals surface area contributed by atoms with Gasteiger partial charge < -0.3 is 15.5 Å². The predicted octanol–water partition coefficient (Wildman–Crippen LogP) is 5.21. The second-order valence-electron chi connectivity index (χ2n) is 7.14. The number of hydrogen-bond acceptors (Lipinski definition) is 4. The molecule has 3 aromatic rings. The van der Waals surface area contributed by atoms with Crippen LogP contribution in [0.3, 0.4) is 0 Å². The minimum absolute atomic E-state index is 0.231. The number of carbonyl (C=O) groups is 1. The third kappa shape index (κ3) is 4.90. The van der Waals surface area contributed by atoms with Crippen molar-refractivity contribution < 1.29 is 9.18 Å². The van der Waals surface area contributed by atoms with Gasteiger partial charge in [-0.3, -0.25) is 9.78 Å². The molecular formula is C23H23FN4O. The Morgan fingerprint density at radius 1 is 0.862 bits per heavy atom. The van der Waals surface area contributed by atoms with Crippen LogP contribution in [0.1, 0.15) is 29.6 Å². The summed E-state index contributed by atoms with van der Waals surface area (Å²) in [5.41, 5.74) is 3.75. The highest BCUT2D eigenvalue weighted by Crippen LogP contribution is 2.22. The number of hydrogen-bond donors (Lipinski definition) is 2. The molecule has 29 heavy (non-hydrogen) atoms. The minimum Gasteiger partial charge on any atom is -0.372 e. The molecule has 1 aliphatic rings. The number of rotatable bonds is 5. The smallest absolute Gasteiger partial charge is 0.257 e. The summed E-state index contributed by atoms with van der Waals surface area (Å²) in [6.07, 6.45) is 6.90. The second-order valence-corrected chi connectivity index (χ2v) is 7.14. The van der Waals surface area contributed by atoms with Crippen LogP contribution in [-0.4, -0.2) is 24.0 Å². The van der Waals surface area contributed by atoms with Crippen molar-refractivity contribution in [2.24, 2.45) is 0 Å². The Labute approximate surface area is 169 Å². The lowest BCUT2D eigenvalue weighted by atomic mass is 10.1. The first-order valence-electron chi connectivity index (χ1n) is 9.81. The second kappa shape index (κ2) is 8.73. The predicted molar refractivity (Wildman–Crippen MR) is 114 cm³/mol. The summed E-state index contributed by atoms with van der Waals surface area (Å²) in [5, 5.41) is 6.03. The summed E-state index contributed by atoms with van der Waals surface area (Å²) in [4.78, 5) is 19.1. The van der Waals surface area contributed by atoms with Crippen LogP contribution in [0.5, 0.6) is 0 Å². The molecule has 0 unspecified atom stereocenters. The Bertz CT molecular complexity index is 967. The molecule has 1 saturated heterocycles. The first-order chi connectivity index (χ1) is 14.2. The maximum absolute atomic E-state index is 13.0. The SMILES string of the molecule is O=C(Nc1ccc(N2CCCCC2)cc1)c1cncc(Nc2ccc(F)cc2)c1. The number of anilines is 4. The first kappa shape index (κ1) is 18.9. The molecule has 1 aromatic heterocycles. The molecule has 2 aromatic carbocycles. The van der Waals surface area contributed by atoms with E-state index in [4.69, 9.17) is 0 Å². The molecule has 0 atom stereocenters. The largest absolute Gasteiger partial charge is 0.372 e. The normalized spacial score (nSPS) is 13.8. The van der Waals surface area contributed by atoms with Crippen molar-refractivity contribution in [1.82, 2.24) is 4.98 Å². The summed E-state index contributed by atoms with van der Waals surface area (Å²) < 4.78 is 13.0. The summed E-state index contributed by atoms with van der Waals surface area (Å²) in [6.45, 7) is 2.18. The van der Waals surface area contributed by atoms with Gasteiger partial charge in [0.05, 0.1) is 17.4 Å². The van der Waals surface area contributed by atoms with Crippen LogP contribution < -0.4 is 15.5 Å². The summed E-state index contributed by atoms with van der Waals surface area (Å²) >= 11 is 0. The number of piperidine rings is 1. The third-order valence-corrected chi connectivity index (χ3v) is 4.98. The Hall–Kier alpha value is -3.41. The van der Waals surface area contributed by atoms with E-state index < -0.39 is 0 Å². The molecular weight excluding hydrogens is 367 g/mol. The number of halogens is 1. The van der Waals surface area contributed by atoms with Crippen molar-refractivity contribution in [2.45, 2.75) is 19.3 Å². The minimum atomic E-state index is -0.298. The van der Waals surface area contributed by atoms with Gasteiger partial charge >= 0.3 is 0 Å². The fourth-order valence-electron chi connectivity index (χ4n) is 3.44. The zero-order chi connectivity index (χ0) is 20.1. The van der Waals surface area contributed by atoms with Gasteiger partial charge in [-0.05, 0) is 73.9 Å². The van der Waals surface area contributed by atoms with Gasteiger partial charge in [0, 0.05) is 36.3 Å². The topological polar surface area (TPSA) is 57.3 Å². The van der Waals surface area contributed by atoms with Crippen LogP contribution in [0, 0.1) is 5.82 Å². The molecule has 5 nitrogen and oxygen atoms in total. The molecule has 148 valence electrons. The number of amides is 1. The van der Waals surface area contributed by atoms with E-state index in [2.05, 4.69) is 20.5 Å². The van der Waals surface area contributed by atoms with Crippen LogP contribution in [-0.2, 0) is 0 Å².